The molecule has 2 heterocycles. The summed E-state index contributed by atoms with van der Waals surface area (Å²) in [6, 6.07) is 12.2. The summed E-state index contributed by atoms with van der Waals surface area (Å²) in [5, 5.41) is 0. The quantitative estimate of drug-likeness (QED) is 0.834. The van der Waals surface area contributed by atoms with Gasteiger partial charge in [-0.15, -0.1) is 11.8 Å². The van der Waals surface area contributed by atoms with Crippen LogP contribution in [0.15, 0.2) is 52.3 Å². The van der Waals surface area contributed by atoms with Crippen molar-refractivity contribution in [2.24, 2.45) is 0 Å². The minimum atomic E-state index is -3.66. The van der Waals surface area contributed by atoms with Crippen molar-refractivity contribution < 1.29 is 17.9 Å². The Labute approximate surface area is 139 Å². The molecule has 0 aliphatic carbocycles. The first kappa shape index (κ1) is 14.7. The van der Waals surface area contributed by atoms with Gasteiger partial charge in [0.05, 0.1) is 16.6 Å². The van der Waals surface area contributed by atoms with E-state index in [4.69, 9.17) is 9.47 Å². The summed E-state index contributed by atoms with van der Waals surface area (Å²) < 4.78 is 38.4. The number of benzene rings is 2. The second-order valence-corrected chi connectivity index (χ2v) is 8.32. The maximum absolute atomic E-state index is 13.2. The molecular weight excluding hydrogens is 334 g/mol. The van der Waals surface area contributed by atoms with E-state index >= 15 is 0 Å². The third kappa shape index (κ3) is 2.35. The fourth-order valence-electron chi connectivity index (χ4n) is 2.79. The molecule has 1 atom stereocenters. The number of thioether (sulfide) groups is 1. The van der Waals surface area contributed by atoms with Crippen molar-refractivity contribution in [3.8, 4) is 11.5 Å². The van der Waals surface area contributed by atoms with Gasteiger partial charge in [0, 0.05) is 16.7 Å². The molecular formula is C16H15NO4S2. The average Bonchev–Trinajstić information content (AvgIpc) is 3.02. The van der Waals surface area contributed by atoms with E-state index in [-0.39, 0.29) is 17.7 Å². The van der Waals surface area contributed by atoms with E-state index in [1.807, 2.05) is 31.2 Å². The third-order valence-electron chi connectivity index (χ3n) is 3.88. The van der Waals surface area contributed by atoms with Gasteiger partial charge in [-0.3, -0.25) is 4.31 Å². The van der Waals surface area contributed by atoms with Crippen molar-refractivity contribution in [3.05, 3.63) is 42.5 Å². The van der Waals surface area contributed by atoms with E-state index in [2.05, 4.69) is 0 Å². The monoisotopic (exact) mass is 349 g/mol. The minimum absolute atomic E-state index is 0.120. The maximum atomic E-state index is 13.2. The molecule has 4 rings (SSSR count). The predicted octanol–water partition coefficient (Wildman–Crippen LogP) is 3.10. The Bertz CT molecular complexity index is 866. The highest BCUT2D eigenvalue weighted by Gasteiger charge is 2.34. The number of hydrogen-bond donors (Lipinski definition) is 0. The van der Waals surface area contributed by atoms with Gasteiger partial charge in [0.25, 0.3) is 10.0 Å². The first-order valence-corrected chi connectivity index (χ1v) is 9.66. The molecule has 0 N–H and O–H groups in total. The largest absolute Gasteiger partial charge is 0.454 e. The van der Waals surface area contributed by atoms with Crippen LogP contribution in [0.25, 0.3) is 0 Å². The molecule has 2 aromatic rings. The normalized spacial score (nSPS) is 19.5. The molecule has 0 aromatic heterocycles. The number of nitrogens with zero attached hydrogens (tertiary/aromatic N) is 1. The molecule has 120 valence electrons. The van der Waals surface area contributed by atoms with E-state index < -0.39 is 10.0 Å². The molecule has 2 aromatic carbocycles. The lowest BCUT2D eigenvalue weighted by molar-refractivity contribution is 0.174. The number of fused-ring (bicyclic) bond motifs is 2. The number of rotatable bonds is 2. The Morgan fingerprint density at radius 3 is 2.78 bits per heavy atom. The lowest BCUT2D eigenvalue weighted by Crippen LogP contribution is -2.42. The lowest BCUT2D eigenvalue weighted by atomic mass is 10.3. The highest BCUT2D eigenvalue weighted by Crippen LogP contribution is 2.41. The zero-order valence-electron chi connectivity index (χ0n) is 12.4. The molecule has 23 heavy (non-hydrogen) atoms. The summed E-state index contributed by atoms with van der Waals surface area (Å²) in [5.74, 6) is 1.77. The summed E-state index contributed by atoms with van der Waals surface area (Å²) in [4.78, 5) is 1.20. The second kappa shape index (κ2) is 5.35. The van der Waals surface area contributed by atoms with Crippen molar-refractivity contribution >= 4 is 27.5 Å². The van der Waals surface area contributed by atoms with E-state index in [0.717, 1.165) is 16.3 Å². The van der Waals surface area contributed by atoms with Crippen LogP contribution in [-0.4, -0.2) is 27.0 Å². The van der Waals surface area contributed by atoms with Crippen LogP contribution in [0, 0.1) is 0 Å². The molecule has 0 saturated carbocycles. The van der Waals surface area contributed by atoms with Gasteiger partial charge in [-0.05, 0) is 31.2 Å². The highest BCUT2D eigenvalue weighted by molar-refractivity contribution is 8.00. The van der Waals surface area contributed by atoms with Crippen LogP contribution in [-0.2, 0) is 10.0 Å². The van der Waals surface area contributed by atoms with Crippen molar-refractivity contribution in [2.75, 3.05) is 16.9 Å². The van der Waals surface area contributed by atoms with Crippen LogP contribution in [0.4, 0.5) is 5.69 Å². The first-order chi connectivity index (χ1) is 11.1. The molecule has 2 aliphatic heterocycles. The standard InChI is InChI=1S/C16H15NO4S2/c1-11-9-22-16-5-3-2-4-13(16)17(11)23(18,19)12-6-7-14-15(8-12)21-10-20-14/h2-8,11H,9-10H2,1H3. The average molecular weight is 349 g/mol. The highest BCUT2D eigenvalue weighted by atomic mass is 32.2. The molecule has 0 saturated heterocycles. The minimum Gasteiger partial charge on any atom is -0.454 e. The SMILES string of the molecule is CC1CSc2ccccc2N1S(=O)(=O)c1ccc2c(c1)OCO2. The van der Waals surface area contributed by atoms with Crippen LogP contribution < -0.4 is 13.8 Å². The van der Waals surface area contributed by atoms with E-state index in [9.17, 15) is 8.42 Å². The fourth-order valence-corrected chi connectivity index (χ4v) is 5.69. The Morgan fingerprint density at radius 1 is 1.13 bits per heavy atom. The molecule has 5 nitrogen and oxygen atoms in total. The third-order valence-corrected chi connectivity index (χ3v) is 7.11. The van der Waals surface area contributed by atoms with Gasteiger partial charge in [0.1, 0.15) is 0 Å². The zero-order valence-corrected chi connectivity index (χ0v) is 14.1. The molecule has 0 amide bonds. The zero-order chi connectivity index (χ0) is 16.0. The molecule has 7 heteroatoms. The van der Waals surface area contributed by atoms with Crippen molar-refractivity contribution in [1.82, 2.24) is 0 Å². The predicted molar refractivity (Wildman–Crippen MR) is 88.9 cm³/mol. The van der Waals surface area contributed by atoms with Gasteiger partial charge in [-0.1, -0.05) is 12.1 Å². The van der Waals surface area contributed by atoms with E-state index in [1.54, 1.807) is 23.9 Å². The van der Waals surface area contributed by atoms with Crippen LogP contribution in [0.2, 0.25) is 0 Å². The Kier molecular flexibility index (Phi) is 3.42. The molecule has 2 aliphatic rings. The maximum Gasteiger partial charge on any atom is 0.264 e. The van der Waals surface area contributed by atoms with Crippen molar-refractivity contribution in [2.45, 2.75) is 22.8 Å². The van der Waals surface area contributed by atoms with E-state index in [1.165, 1.54) is 10.4 Å². The van der Waals surface area contributed by atoms with E-state index in [0.29, 0.717) is 11.5 Å². The second-order valence-electron chi connectivity index (χ2n) is 5.44. The first-order valence-electron chi connectivity index (χ1n) is 7.23. The van der Waals surface area contributed by atoms with Crippen molar-refractivity contribution in [3.63, 3.8) is 0 Å². The Hall–Kier alpha value is -1.86. The summed E-state index contributed by atoms with van der Waals surface area (Å²) >= 11 is 1.68. The Morgan fingerprint density at radius 2 is 1.91 bits per heavy atom. The summed E-state index contributed by atoms with van der Waals surface area (Å²) in [6.07, 6.45) is 0. The van der Waals surface area contributed by atoms with Gasteiger partial charge in [-0.2, -0.15) is 0 Å². The van der Waals surface area contributed by atoms with Crippen LogP contribution in [0.3, 0.4) is 0 Å². The molecule has 0 spiro atoms. The fraction of sp³-hybridized carbons (Fsp3) is 0.250. The summed E-state index contributed by atoms with van der Waals surface area (Å²) in [5.41, 5.74) is 0.730. The lowest BCUT2D eigenvalue weighted by Gasteiger charge is -2.35. The van der Waals surface area contributed by atoms with Gasteiger partial charge in [0.15, 0.2) is 11.5 Å². The molecule has 0 bridgehead atoms. The van der Waals surface area contributed by atoms with Gasteiger partial charge >= 0.3 is 0 Å². The Balaban J connectivity index is 1.82. The topological polar surface area (TPSA) is 55.8 Å². The number of sulfonamides is 1. The molecule has 0 radical (unpaired) electrons. The molecule has 1 unspecified atom stereocenters. The van der Waals surface area contributed by atoms with Crippen LogP contribution >= 0.6 is 11.8 Å². The number of para-hydroxylation sites is 1. The van der Waals surface area contributed by atoms with Gasteiger partial charge < -0.3 is 9.47 Å². The van der Waals surface area contributed by atoms with Crippen LogP contribution in [0.1, 0.15) is 6.92 Å². The smallest absolute Gasteiger partial charge is 0.264 e. The number of ether oxygens (including phenoxy) is 2. The summed E-state index contributed by atoms with van der Waals surface area (Å²) in [7, 11) is -3.66. The number of hydrogen-bond acceptors (Lipinski definition) is 5. The van der Waals surface area contributed by atoms with Crippen molar-refractivity contribution in [1.29, 1.82) is 0 Å². The van der Waals surface area contributed by atoms with Gasteiger partial charge in [0.2, 0.25) is 6.79 Å². The number of anilines is 1. The summed E-state index contributed by atoms with van der Waals surface area (Å²) in [6.45, 7) is 2.05. The van der Waals surface area contributed by atoms with Crippen LogP contribution in [0.5, 0.6) is 11.5 Å². The molecule has 0 fully saturated rings. The van der Waals surface area contributed by atoms with Gasteiger partial charge in [-0.25, -0.2) is 8.42 Å².